The van der Waals surface area contributed by atoms with Crippen LogP contribution in [0.2, 0.25) is 0 Å². The maximum atomic E-state index is 13.1. The smallest absolute Gasteiger partial charge is 0.266 e. The van der Waals surface area contributed by atoms with Crippen molar-refractivity contribution in [2.45, 2.75) is 0 Å². The average molecular weight is 332 g/mol. The van der Waals surface area contributed by atoms with Gasteiger partial charge in [0.15, 0.2) is 12.4 Å². The summed E-state index contributed by atoms with van der Waals surface area (Å²) in [5, 5.41) is 1.65. The van der Waals surface area contributed by atoms with Gasteiger partial charge < -0.3 is 4.90 Å². The zero-order valence-electron chi connectivity index (χ0n) is 14.4. The van der Waals surface area contributed by atoms with E-state index < -0.39 is 0 Å². The Balaban J connectivity index is 1.99. The first-order chi connectivity index (χ1) is 12.0. The molecule has 0 bridgehead atoms. The van der Waals surface area contributed by atoms with E-state index >= 15 is 0 Å². The average Bonchev–Trinajstić information content (AvgIpc) is 2.59. The summed E-state index contributed by atoms with van der Waals surface area (Å²) in [4.78, 5) is 29.4. The number of aryl methyl sites for hydroxylation is 1. The first kappa shape index (κ1) is 15.3. The standard InChI is InChI=1S/C20H18N3O2/c1-21(2)17-10-9-16-18-14(17)7-4-8-15(18)19(24)23(20(16)25)13-6-5-11-22(3)12-13/h4-12H,1-3H3/q+1. The second kappa shape index (κ2) is 5.41. The second-order valence-corrected chi connectivity index (χ2v) is 6.43. The highest BCUT2D eigenvalue weighted by molar-refractivity contribution is 6.36. The van der Waals surface area contributed by atoms with Crippen LogP contribution in [-0.4, -0.2) is 25.9 Å². The third-order valence-electron chi connectivity index (χ3n) is 4.55. The number of amides is 2. The number of anilines is 2. The van der Waals surface area contributed by atoms with Gasteiger partial charge in [-0.25, -0.2) is 9.47 Å². The third-order valence-corrected chi connectivity index (χ3v) is 4.55. The van der Waals surface area contributed by atoms with Gasteiger partial charge in [0.1, 0.15) is 12.7 Å². The summed E-state index contributed by atoms with van der Waals surface area (Å²) in [5.74, 6) is -0.574. The Morgan fingerprint density at radius 3 is 2.32 bits per heavy atom. The van der Waals surface area contributed by atoms with Gasteiger partial charge in [0.25, 0.3) is 11.8 Å². The molecule has 0 aliphatic carbocycles. The molecular weight excluding hydrogens is 314 g/mol. The van der Waals surface area contributed by atoms with Gasteiger partial charge >= 0.3 is 0 Å². The summed E-state index contributed by atoms with van der Waals surface area (Å²) in [6.07, 6.45) is 3.63. The van der Waals surface area contributed by atoms with Crippen molar-refractivity contribution < 1.29 is 14.2 Å². The second-order valence-electron chi connectivity index (χ2n) is 6.43. The van der Waals surface area contributed by atoms with Crippen LogP contribution in [0.5, 0.6) is 0 Å². The van der Waals surface area contributed by atoms with E-state index in [9.17, 15) is 9.59 Å². The molecule has 0 saturated carbocycles. The summed E-state index contributed by atoms with van der Waals surface area (Å²) in [5.41, 5.74) is 2.67. The Labute approximate surface area is 145 Å². The molecule has 0 spiro atoms. The molecule has 0 saturated heterocycles. The number of hydrogen-bond acceptors (Lipinski definition) is 3. The van der Waals surface area contributed by atoms with E-state index in [0.29, 0.717) is 16.8 Å². The van der Waals surface area contributed by atoms with Gasteiger partial charge in [-0.05, 0) is 24.3 Å². The van der Waals surface area contributed by atoms with Gasteiger partial charge in [0, 0.05) is 47.7 Å². The number of benzene rings is 2. The molecule has 1 aliphatic heterocycles. The largest absolute Gasteiger partial charge is 0.377 e. The van der Waals surface area contributed by atoms with Crippen LogP contribution in [0, 0.1) is 0 Å². The molecule has 0 N–H and O–H groups in total. The molecule has 25 heavy (non-hydrogen) atoms. The first-order valence-corrected chi connectivity index (χ1v) is 8.06. The molecule has 0 atom stereocenters. The van der Waals surface area contributed by atoms with Crippen molar-refractivity contribution in [1.29, 1.82) is 0 Å². The van der Waals surface area contributed by atoms with Crippen molar-refractivity contribution >= 4 is 34.0 Å². The molecule has 5 nitrogen and oxygen atoms in total. The van der Waals surface area contributed by atoms with E-state index in [2.05, 4.69) is 0 Å². The minimum Gasteiger partial charge on any atom is -0.377 e. The van der Waals surface area contributed by atoms with Crippen molar-refractivity contribution in [2.75, 3.05) is 23.9 Å². The van der Waals surface area contributed by atoms with Crippen LogP contribution >= 0.6 is 0 Å². The summed E-state index contributed by atoms with van der Waals surface area (Å²) in [6, 6.07) is 12.9. The van der Waals surface area contributed by atoms with Gasteiger partial charge in [-0.1, -0.05) is 12.1 Å². The molecule has 2 amide bonds. The highest BCUT2D eigenvalue weighted by Gasteiger charge is 2.35. The maximum Gasteiger partial charge on any atom is 0.266 e. The molecule has 5 heteroatoms. The lowest BCUT2D eigenvalue weighted by molar-refractivity contribution is -0.670. The third kappa shape index (κ3) is 2.20. The Bertz CT molecular complexity index is 1020. The Hall–Kier alpha value is -3.21. The van der Waals surface area contributed by atoms with Gasteiger partial charge in [-0.15, -0.1) is 0 Å². The van der Waals surface area contributed by atoms with E-state index in [0.717, 1.165) is 16.5 Å². The molecule has 4 rings (SSSR count). The fraction of sp³-hybridized carbons (Fsp3) is 0.150. The van der Waals surface area contributed by atoms with Crippen molar-refractivity contribution in [3.05, 3.63) is 66.0 Å². The summed E-state index contributed by atoms with van der Waals surface area (Å²) in [7, 11) is 5.76. The predicted molar refractivity (Wildman–Crippen MR) is 97.0 cm³/mol. The number of carbonyl (C=O) groups excluding carboxylic acids is 2. The number of rotatable bonds is 2. The molecule has 2 heterocycles. The number of hydrogen-bond donors (Lipinski definition) is 0. The number of aromatic nitrogens is 1. The number of nitrogens with zero attached hydrogens (tertiary/aromatic N) is 3. The van der Waals surface area contributed by atoms with Crippen LogP contribution in [0.1, 0.15) is 20.7 Å². The Morgan fingerprint density at radius 1 is 0.920 bits per heavy atom. The predicted octanol–water partition coefficient (Wildman–Crippen LogP) is 2.53. The SMILES string of the molecule is CN(C)c1ccc2c3c(cccc13)C(=O)N(c1ccc[n+](C)c1)C2=O. The fourth-order valence-electron chi connectivity index (χ4n) is 3.41. The van der Waals surface area contributed by atoms with Gasteiger partial charge in [0.2, 0.25) is 0 Å². The Kier molecular flexibility index (Phi) is 3.32. The van der Waals surface area contributed by atoms with Crippen molar-refractivity contribution in [1.82, 2.24) is 0 Å². The molecule has 0 fully saturated rings. The monoisotopic (exact) mass is 332 g/mol. The molecule has 3 aromatic rings. The van der Waals surface area contributed by atoms with Crippen molar-refractivity contribution in [3.8, 4) is 0 Å². The van der Waals surface area contributed by atoms with E-state index in [1.165, 1.54) is 4.90 Å². The number of carbonyl (C=O) groups is 2. The highest BCUT2D eigenvalue weighted by Crippen LogP contribution is 2.36. The summed E-state index contributed by atoms with van der Waals surface area (Å²) in [6.45, 7) is 0. The van der Waals surface area contributed by atoms with E-state index in [4.69, 9.17) is 0 Å². The normalized spacial score (nSPS) is 13.5. The molecule has 0 unspecified atom stereocenters. The minimum atomic E-state index is -0.287. The Morgan fingerprint density at radius 2 is 1.64 bits per heavy atom. The lowest BCUT2D eigenvalue weighted by atomic mass is 9.92. The van der Waals surface area contributed by atoms with Crippen LogP contribution in [0.15, 0.2) is 54.9 Å². The van der Waals surface area contributed by atoms with Crippen LogP contribution in [0.4, 0.5) is 11.4 Å². The minimum absolute atomic E-state index is 0.287. The molecular formula is C20H18N3O2+. The molecule has 2 aromatic carbocycles. The topological polar surface area (TPSA) is 44.5 Å². The maximum absolute atomic E-state index is 13.1. The molecule has 124 valence electrons. The summed E-state index contributed by atoms with van der Waals surface area (Å²) < 4.78 is 1.82. The van der Waals surface area contributed by atoms with Crippen LogP contribution in [-0.2, 0) is 7.05 Å². The summed E-state index contributed by atoms with van der Waals surface area (Å²) >= 11 is 0. The van der Waals surface area contributed by atoms with Crippen LogP contribution in [0.25, 0.3) is 10.8 Å². The quantitative estimate of drug-likeness (QED) is 0.535. The molecule has 1 aliphatic rings. The van der Waals surface area contributed by atoms with Crippen molar-refractivity contribution in [2.24, 2.45) is 7.05 Å². The highest BCUT2D eigenvalue weighted by atomic mass is 16.2. The van der Waals surface area contributed by atoms with Gasteiger partial charge in [0.05, 0.1) is 0 Å². The van der Waals surface area contributed by atoms with E-state index in [-0.39, 0.29) is 11.8 Å². The molecule has 1 aromatic heterocycles. The molecule has 0 radical (unpaired) electrons. The fourth-order valence-corrected chi connectivity index (χ4v) is 3.41. The van der Waals surface area contributed by atoms with Crippen molar-refractivity contribution in [3.63, 3.8) is 0 Å². The number of imide groups is 1. The van der Waals surface area contributed by atoms with Crippen LogP contribution in [0.3, 0.4) is 0 Å². The lowest BCUT2D eigenvalue weighted by Gasteiger charge is -2.27. The zero-order valence-corrected chi connectivity index (χ0v) is 14.4. The van der Waals surface area contributed by atoms with Gasteiger partial charge in [-0.3, -0.25) is 9.59 Å². The van der Waals surface area contributed by atoms with E-state index in [1.807, 2.05) is 67.1 Å². The van der Waals surface area contributed by atoms with Gasteiger partial charge in [-0.2, -0.15) is 0 Å². The lowest BCUT2D eigenvalue weighted by Crippen LogP contribution is -2.42. The first-order valence-electron chi connectivity index (χ1n) is 8.06. The zero-order chi connectivity index (χ0) is 17.7. The number of pyridine rings is 1. The van der Waals surface area contributed by atoms with Crippen LogP contribution < -0.4 is 14.4 Å². The van der Waals surface area contributed by atoms with E-state index in [1.54, 1.807) is 18.3 Å².